The summed E-state index contributed by atoms with van der Waals surface area (Å²) >= 11 is 0. The molecule has 0 fully saturated rings. The number of nitrogens with zero attached hydrogens (tertiary/aromatic N) is 2. The summed E-state index contributed by atoms with van der Waals surface area (Å²) in [5.74, 6) is 0.203. The lowest BCUT2D eigenvalue weighted by molar-refractivity contribution is 0.0945. The minimum Gasteiger partial charge on any atom is -0.349 e. The van der Waals surface area contributed by atoms with Crippen LogP contribution in [0.25, 0.3) is 0 Å². The fraction of sp³-hybridized carbons (Fsp3) is 0.600. The molecule has 1 aromatic rings. The van der Waals surface area contributed by atoms with E-state index in [-0.39, 0.29) is 5.91 Å². The predicted molar refractivity (Wildman–Crippen MR) is 58.7 cm³/mol. The number of nitrogens with one attached hydrogen (secondary N) is 1. The Hall–Kier alpha value is -1.36. The highest BCUT2D eigenvalue weighted by molar-refractivity contribution is 5.92. The first-order valence-corrected chi connectivity index (χ1v) is 5.08. The SMILES string of the molecule is CC(C)c1cc(C(=O)NCCN)n(C)n1. The van der Waals surface area contributed by atoms with Crippen LogP contribution >= 0.6 is 0 Å². The molecule has 0 aliphatic rings. The maximum atomic E-state index is 11.6. The van der Waals surface area contributed by atoms with E-state index in [1.165, 1.54) is 0 Å². The molecule has 5 nitrogen and oxygen atoms in total. The van der Waals surface area contributed by atoms with Gasteiger partial charge in [-0.25, -0.2) is 0 Å². The number of rotatable bonds is 4. The van der Waals surface area contributed by atoms with E-state index in [9.17, 15) is 4.79 Å². The lowest BCUT2D eigenvalue weighted by Crippen LogP contribution is -2.30. The second kappa shape index (κ2) is 4.93. The van der Waals surface area contributed by atoms with Crippen molar-refractivity contribution < 1.29 is 4.79 Å². The normalized spacial score (nSPS) is 10.7. The van der Waals surface area contributed by atoms with Gasteiger partial charge in [0.05, 0.1) is 5.69 Å². The van der Waals surface area contributed by atoms with E-state index in [2.05, 4.69) is 10.4 Å². The van der Waals surface area contributed by atoms with E-state index in [1.54, 1.807) is 11.7 Å². The van der Waals surface area contributed by atoms with E-state index in [1.807, 2.05) is 19.9 Å². The van der Waals surface area contributed by atoms with Crippen molar-refractivity contribution in [2.45, 2.75) is 19.8 Å². The van der Waals surface area contributed by atoms with Crippen LogP contribution in [0.4, 0.5) is 0 Å². The Kier molecular flexibility index (Phi) is 3.85. The Morgan fingerprint density at radius 2 is 2.33 bits per heavy atom. The number of amides is 1. The van der Waals surface area contributed by atoms with Crippen molar-refractivity contribution in [3.05, 3.63) is 17.5 Å². The van der Waals surface area contributed by atoms with Gasteiger partial charge in [-0.1, -0.05) is 13.8 Å². The highest BCUT2D eigenvalue weighted by Crippen LogP contribution is 2.13. The molecular formula is C10H18N4O. The van der Waals surface area contributed by atoms with E-state index >= 15 is 0 Å². The largest absolute Gasteiger partial charge is 0.349 e. The summed E-state index contributed by atoms with van der Waals surface area (Å²) in [7, 11) is 1.77. The number of hydrogen-bond acceptors (Lipinski definition) is 3. The van der Waals surface area contributed by atoms with Crippen LogP contribution in [0.15, 0.2) is 6.07 Å². The molecule has 0 unspecified atom stereocenters. The predicted octanol–water partition coefficient (Wildman–Crippen LogP) is 0.232. The van der Waals surface area contributed by atoms with Gasteiger partial charge in [-0.05, 0) is 12.0 Å². The molecule has 0 atom stereocenters. The molecule has 5 heteroatoms. The van der Waals surface area contributed by atoms with Crippen molar-refractivity contribution in [3.8, 4) is 0 Å². The smallest absolute Gasteiger partial charge is 0.269 e. The third kappa shape index (κ3) is 2.79. The van der Waals surface area contributed by atoms with Gasteiger partial charge in [0.2, 0.25) is 0 Å². The molecule has 0 aliphatic carbocycles. The number of aryl methyl sites for hydroxylation is 1. The Labute approximate surface area is 89.6 Å². The Morgan fingerprint density at radius 3 is 2.80 bits per heavy atom. The number of nitrogens with two attached hydrogens (primary N) is 1. The molecule has 1 heterocycles. The monoisotopic (exact) mass is 210 g/mol. The minimum atomic E-state index is -0.123. The molecule has 0 spiro atoms. The molecule has 0 bridgehead atoms. The molecule has 15 heavy (non-hydrogen) atoms. The molecule has 0 aromatic carbocycles. The molecule has 0 saturated heterocycles. The van der Waals surface area contributed by atoms with E-state index < -0.39 is 0 Å². The summed E-state index contributed by atoms with van der Waals surface area (Å²) in [6, 6.07) is 1.82. The first-order chi connectivity index (χ1) is 7.06. The number of carbonyl (C=O) groups excluding carboxylic acids is 1. The highest BCUT2D eigenvalue weighted by atomic mass is 16.2. The molecule has 0 saturated carbocycles. The van der Waals surface area contributed by atoms with Gasteiger partial charge in [-0.2, -0.15) is 5.10 Å². The van der Waals surface area contributed by atoms with Crippen LogP contribution in [-0.4, -0.2) is 28.8 Å². The Balaban J connectivity index is 2.80. The summed E-state index contributed by atoms with van der Waals surface area (Å²) in [5.41, 5.74) is 6.81. The summed E-state index contributed by atoms with van der Waals surface area (Å²) in [5, 5.41) is 6.98. The van der Waals surface area contributed by atoms with Gasteiger partial charge in [0.25, 0.3) is 5.91 Å². The Bertz CT molecular complexity index is 343. The summed E-state index contributed by atoms with van der Waals surface area (Å²) < 4.78 is 1.60. The molecule has 1 aromatic heterocycles. The second-order valence-electron chi connectivity index (χ2n) is 3.78. The number of aromatic nitrogens is 2. The zero-order valence-corrected chi connectivity index (χ0v) is 9.45. The molecule has 84 valence electrons. The van der Waals surface area contributed by atoms with Gasteiger partial charge in [0, 0.05) is 20.1 Å². The van der Waals surface area contributed by atoms with E-state index in [0.717, 1.165) is 5.69 Å². The second-order valence-corrected chi connectivity index (χ2v) is 3.78. The van der Waals surface area contributed by atoms with E-state index in [0.29, 0.717) is 24.7 Å². The maximum absolute atomic E-state index is 11.6. The van der Waals surface area contributed by atoms with Crippen LogP contribution in [0, 0.1) is 0 Å². The zero-order valence-electron chi connectivity index (χ0n) is 9.45. The van der Waals surface area contributed by atoms with Crippen LogP contribution in [0.5, 0.6) is 0 Å². The van der Waals surface area contributed by atoms with Gasteiger partial charge >= 0.3 is 0 Å². The topological polar surface area (TPSA) is 72.9 Å². The first kappa shape index (κ1) is 11.7. The maximum Gasteiger partial charge on any atom is 0.269 e. The van der Waals surface area contributed by atoms with Crippen molar-refractivity contribution >= 4 is 5.91 Å². The lowest BCUT2D eigenvalue weighted by Gasteiger charge is -2.02. The van der Waals surface area contributed by atoms with Gasteiger partial charge < -0.3 is 11.1 Å². The van der Waals surface area contributed by atoms with Crippen LogP contribution in [0.2, 0.25) is 0 Å². The fourth-order valence-corrected chi connectivity index (χ4v) is 1.26. The lowest BCUT2D eigenvalue weighted by atomic mass is 10.1. The van der Waals surface area contributed by atoms with Crippen molar-refractivity contribution in [2.75, 3.05) is 13.1 Å². The molecule has 0 aliphatic heterocycles. The highest BCUT2D eigenvalue weighted by Gasteiger charge is 2.13. The third-order valence-corrected chi connectivity index (χ3v) is 2.15. The van der Waals surface area contributed by atoms with Crippen LogP contribution < -0.4 is 11.1 Å². The minimum absolute atomic E-state index is 0.123. The van der Waals surface area contributed by atoms with Crippen LogP contribution in [0.1, 0.15) is 35.9 Å². The third-order valence-electron chi connectivity index (χ3n) is 2.15. The van der Waals surface area contributed by atoms with Crippen molar-refractivity contribution in [2.24, 2.45) is 12.8 Å². The number of hydrogen-bond donors (Lipinski definition) is 2. The Morgan fingerprint density at radius 1 is 1.67 bits per heavy atom. The van der Waals surface area contributed by atoms with Crippen molar-refractivity contribution in [1.82, 2.24) is 15.1 Å². The van der Waals surface area contributed by atoms with Gasteiger partial charge in [0.15, 0.2) is 0 Å². The summed E-state index contributed by atoms with van der Waals surface area (Å²) in [6.07, 6.45) is 0. The molecular weight excluding hydrogens is 192 g/mol. The zero-order chi connectivity index (χ0) is 11.4. The van der Waals surface area contributed by atoms with Crippen LogP contribution in [-0.2, 0) is 7.05 Å². The molecule has 0 radical (unpaired) electrons. The average Bonchev–Trinajstić information content (AvgIpc) is 2.57. The molecule has 1 amide bonds. The number of carbonyl (C=O) groups is 1. The van der Waals surface area contributed by atoms with Crippen molar-refractivity contribution in [1.29, 1.82) is 0 Å². The summed E-state index contributed by atoms with van der Waals surface area (Å²) in [4.78, 5) is 11.6. The average molecular weight is 210 g/mol. The van der Waals surface area contributed by atoms with Gasteiger partial charge in [-0.15, -0.1) is 0 Å². The van der Waals surface area contributed by atoms with Gasteiger partial charge in [-0.3, -0.25) is 9.48 Å². The quantitative estimate of drug-likeness (QED) is 0.747. The van der Waals surface area contributed by atoms with Gasteiger partial charge in [0.1, 0.15) is 5.69 Å². The first-order valence-electron chi connectivity index (χ1n) is 5.08. The standard InChI is InChI=1S/C10H18N4O/c1-7(2)8-6-9(14(3)13-8)10(15)12-5-4-11/h6-7H,4-5,11H2,1-3H3,(H,12,15). The van der Waals surface area contributed by atoms with E-state index in [4.69, 9.17) is 5.73 Å². The van der Waals surface area contributed by atoms with Crippen molar-refractivity contribution in [3.63, 3.8) is 0 Å². The molecule has 3 N–H and O–H groups in total. The molecule has 1 rings (SSSR count). The van der Waals surface area contributed by atoms with Crippen LogP contribution in [0.3, 0.4) is 0 Å². The summed E-state index contributed by atoms with van der Waals surface area (Å²) in [6.45, 7) is 5.02. The fourth-order valence-electron chi connectivity index (χ4n) is 1.26.